The van der Waals surface area contributed by atoms with Crippen LogP contribution in [0.5, 0.6) is 0 Å². The van der Waals surface area contributed by atoms with Gasteiger partial charge >= 0.3 is 5.97 Å². The largest absolute Gasteiger partial charge is 0.460 e. The maximum absolute atomic E-state index is 12.4. The van der Waals surface area contributed by atoms with Gasteiger partial charge in [0.05, 0.1) is 13.0 Å². The topological polar surface area (TPSA) is 64.9 Å². The summed E-state index contributed by atoms with van der Waals surface area (Å²) in [5.41, 5.74) is 3.70. The van der Waals surface area contributed by atoms with Gasteiger partial charge in [-0.25, -0.2) is 4.79 Å². The quantitative estimate of drug-likeness (QED) is 0.373. The molecule has 0 radical (unpaired) electrons. The van der Waals surface area contributed by atoms with Gasteiger partial charge in [0.25, 0.3) is 0 Å². The van der Waals surface area contributed by atoms with Crippen LogP contribution in [0, 0.1) is 0 Å². The van der Waals surface area contributed by atoms with Gasteiger partial charge in [0.2, 0.25) is 5.78 Å². The van der Waals surface area contributed by atoms with Crippen molar-refractivity contribution in [1.29, 1.82) is 0 Å². The minimum absolute atomic E-state index is 0.0630. The Morgan fingerprint density at radius 1 is 1.00 bits per heavy atom. The molecule has 0 aliphatic carbocycles. The van der Waals surface area contributed by atoms with Crippen molar-refractivity contribution < 1.29 is 19.1 Å². The third kappa shape index (κ3) is 3.72. The average Bonchev–Trinajstić information content (AvgIpc) is 3.01. The van der Waals surface area contributed by atoms with Crippen LogP contribution in [0.15, 0.2) is 60.8 Å². The number of rotatable bonds is 7. The molecule has 0 atom stereocenters. The molecule has 26 heavy (non-hydrogen) atoms. The minimum atomic E-state index is -0.954. The van der Waals surface area contributed by atoms with E-state index in [1.807, 2.05) is 65.2 Å². The first-order chi connectivity index (χ1) is 12.6. The summed E-state index contributed by atoms with van der Waals surface area (Å²) in [4.78, 5) is 35.7. The van der Waals surface area contributed by atoms with Crippen molar-refractivity contribution in [3.05, 3.63) is 66.5 Å². The van der Waals surface area contributed by atoms with Crippen LogP contribution in [0.1, 0.15) is 19.0 Å². The zero-order valence-corrected chi connectivity index (χ0v) is 14.5. The summed E-state index contributed by atoms with van der Waals surface area (Å²) in [5, 5.41) is 0. The molecule has 2 heterocycles. The van der Waals surface area contributed by atoms with Crippen LogP contribution < -0.4 is 0 Å². The van der Waals surface area contributed by atoms with Gasteiger partial charge in [0.15, 0.2) is 0 Å². The van der Waals surface area contributed by atoms with Crippen LogP contribution in [0.4, 0.5) is 0 Å². The molecule has 0 unspecified atom stereocenters. The van der Waals surface area contributed by atoms with E-state index in [0.717, 1.165) is 22.3 Å². The third-order valence-corrected chi connectivity index (χ3v) is 4.10. The van der Waals surface area contributed by atoms with Gasteiger partial charge in [-0.05, 0) is 30.7 Å². The monoisotopic (exact) mass is 349 g/mol. The highest BCUT2D eigenvalue weighted by molar-refractivity contribution is 6.37. The van der Waals surface area contributed by atoms with E-state index in [4.69, 9.17) is 0 Å². The lowest BCUT2D eigenvalue weighted by atomic mass is 10.0. The SMILES string of the molecule is CCOC(=O)C(=O)CC(=O)Cc1c(-c2ccccc2)cc2ccccn12. The summed E-state index contributed by atoms with van der Waals surface area (Å²) in [5.74, 6) is -2.08. The first kappa shape index (κ1) is 17.6. The molecule has 1 aromatic carbocycles. The molecule has 3 rings (SSSR count). The molecule has 132 valence electrons. The van der Waals surface area contributed by atoms with Gasteiger partial charge in [0, 0.05) is 29.4 Å². The van der Waals surface area contributed by atoms with Gasteiger partial charge in [-0.3, -0.25) is 9.59 Å². The number of hydrogen-bond donors (Lipinski definition) is 0. The number of Topliss-reactive ketones (excluding diaryl/α,β-unsaturated/α-hetero) is 2. The molecule has 5 nitrogen and oxygen atoms in total. The van der Waals surface area contributed by atoms with Gasteiger partial charge in [0.1, 0.15) is 5.78 Å². The fraction of sp³-hybridized carbons (Fsp3) is 0.190. The highest BCUT2D eigenvalue weighted by Gasteiger charge is 2.21. The number of pyridine rings is 1. The molecular weight excluding hydrogens is 330 g/mol. The maximum Gasteiger partial charge on any atom is 0.375 e. The number of fused-ring (bicyclic) bond motifs is 1. The molecule has 0 fully saturated rings. The molecule has 0 aliphatic rings. The Balaban J connectivity index is 1.90. The Labute approximate surface area is 151 Å². The fourth-order valence-electron chi connectivity index (χ4n) is 2.94. The van der Waals surface area contributed by atoms with E-state index in [2.05, 4.69) is 4.74 Å². The number of nitrogens with zero attached hydrogens (tertiary/aromatic N) is 1. The van der Waals surface area contributed by atoms with E-state index in [1.54, 1.807) is 6.92 Å². The smallest absolute Gasteiger partial charge is 0.375 e. The van der Waals surface area contributed by atoms with Crippen LogP contribution >= 0.6 is 0 Å². The van der Waals surface area contributed by atoms with E-state index in [9.17, 15) is 14.4 Å². The summed E-state index contributed by atoms with van der Waals surface area (Å²) in [7, 11) is 0. The maximum atomic E-state index is 12.4. The van der Waals surface area contributed by atoms with Gasteiger partial charge < -0.3 is 9.14 Å². The fourth-order valence-corrected chi connectivity index (χ4v) is 2.94. The summed E-state index contributed by atoms with van der Waals surface area (Å²) < 4.78 is 6.60. The van der Waals surface area contributed by atoms with Crippen molar-refractivity contribution in [2.75, 3.05) is 6.61 Å². The Morgan fingerprint density at radius 3 is 2.46 bits per heavy atom. The number of esters is 1. The van der Waals surface area contributed by atoms with E-state index in [-0.39, 0.29) is 18.8 Å². The molecule has 2 aromatic heterocycles. The van der Waals surface area contributed by atoms with E-state index < -0.39 is 18.2 Å². The van der Waals surface area contributed by atoms with Crippen LogP contribution in [0.25, 0.3) is 16.6 Å². The second-order valence-corrected chi connectivity index (χ2v) is 5.90. The van der Waals surface area contributed by atoms with Crippen molar-refractivity contribution in [3.63, 3.8) is 0 Å². The number of benzene rings is 1. The number of aromatic nitrogens is 1. The summed E-state index contributed by atoms with van der Waals surface area (Å²) >= 11 is 0. The predicted molar refractivity (Wildman–Crippen MR) is 97.8 cm³/mol. The van der Waals surface area contributed by atoms with E-state index >= 15 is 0 Å². The van der Waals surface area contributed by atoms with Crippen molar-refractivity contribution in [3.8, 4) is 11.1 Å². The second-order valence-electron chi connectivity index (χ2n) is 5.90. The van der Waals surface area contributed by atoms with Crippen LogP contribution in [-0.4, -0.2) is 28.5 Å². The normalized spacial score (nSPS) is 10.7. The Hall–Kier alpha value is -3.21. The van der Waals surface area contributed by atoms with Gasteiger partial charge in [-0.15, -0.1) is 0 Å². The first-order valence-corrected chi connectivity index (χ1v) is 8.46. The molecule has 5 heteroatoms. The lowest BCUT2D eigenvalue weighted by Crippen LogP contribution is -2.21. The minimum Gasteiger partial charge on any atom is -0.460 e. The molecule has 0 saturated heterocycles. The highest BCUT2D eigenvalue weighted by atomic mass is 16.5. The number of carbonyl (C=O) groups excluding carboxylic acids is 3. The molecule has 0 bridgehead atoms. The van der Waals surface area contributed by atoms with Crippen molar-refractivity contribution in [2.45, 2.75) is 19.8 Å². The summed E-state index contributed by atoms with van der Waals surface area (Å²) in [6.45, 7) is 1.73. The molecule has 0 amide bonds. The second kappa shape index (κ2) is 7.78. The lowest BCUT2D eigenvalue weighted by Gasteiger charge is -2.07. The molecule has 0 N–H and O–H groups in total. The molecule has 0 aliphatic heterocycles. The summed E-state index contributed by atoms with van der Waals surface area (Å²) in [6, 6.07) is 17.6. The Kier molecular flexibility index (Phi) is 5.27. The van der Waals surface area contributed by atoms with Crippen molar-refractivity contribution >= 4 is 23.1 Å². The molecule has 3 aromatic rings. The number of hydrogen-bond acceptors (Lipinski definition) is 4. The number of ether oxygens (including phenoxy) is 1. The highest BCUT2D eigenvalue weighted by Crippen LogP contribution is 2.28. The van der Waals surface area contributed by atoms with Crippen molar-refractivity contribution in [2.24, 2.45) is 0 Å². The Bertz CT molecular complexity index is 957. The predicted octanol–water partition coefficient (Wildman–Crippen LogP) is 3.24. The lowest BCUT2D eigenvalue weighted by molar-refractivity contribution is -0.154. The standard InChI is InChI=1S/C21H19NO4/c1-2-26-21(25)20(24)14-17(23)13-19-18(15-8-4-3-5-9-15)12-16-10-6-7-11-22(16)19/h3-12H,2,13-14H2,1H3. The van der Waals surface area contributed by atoms with Gasteiger partial charge in [-0.2, -0.15) is 0 Å². The zero-order chi connectivity index (χ0) is 18.5. The first-order valence-electron chi connectivity index (χ1n) is 8.46. The van der Waals surface area contributed by atoms with Crippen LogP contribution in [0.2, 0.25) is 0 Å². The number of carbonyl (C=O) groups is 3. The zero-order valence-electron chi connectivity index (χ0n) is 14.5. The van der Waals surface area contributed by atoms with Crippen LogP contribution in [0.3, 0.4) is 0 Å². The number of ketones is 2. The molecule has 0 spiro atoms. The average molecular weight is 349 g/mol. The van der Waals surface area contributed by atoms with Crippen LogP contribution in [-0.2, 0) is 25.5 Å². The van der Waals surface area contributed by atoms with E-state index in [0.29, 0.717) is 0 Å². The summed E-state index contributed by atoms with van der Waals surface area (Å²) in [6.07, 6.45) is 1.50. The van der Waals surface area contributed by atoms with Gasteiger partial charge in [-0.1, -0.05) is 36.4 Å². The molecular formula is C21H19NO4. The Morgan fingerprint density at radius 2 is 1.73 bits per heavy atom. The van der Waals surface area contributed by atoms with E-state index in [1.165, 1.54) is 0 Å². The third-order valence-electron chi connectivity index (χ3n) is 4.10. The van der Waals surface area contributed by atoms with Crippen molar-refractivity contribution in [1.82, 2.24) is 4.40 Å². The molecule has 0 saturated carbocycles.